The predicted molar refractivity (Wildman–Crippen MR) is 61.4 cm³/mol. The van der Waals surface area contributed by atoms with E-state index in [4.69, 9.17) is 23.2 Å². The maximum Gasteiger partial charge on any atom is 0.235 e. The van der Waals surface area contributed by atoms with Gasteiger partial charge < -0.3 is 5.32 Å². The van der Waals surface area contributed by atoms with Gasteiger partial charge in [0.2, 0.25) is 5.91 Å². The molecule has 2 rings (SSSR count). The van der Waals surface area contributed by atoms with Gasteiger partial charge in [-0.1, -0.05) is 23.7 Å². The SMILES string of the molecule is O=C(CCl)N[C@H]1CCc2c(Cl)cccc21. The molecule has 0 saturated carbocycles. The van der Waals surface area contributed by atoms with Crippen LogP contribution in [0.4, 0.5) is 0 Å². The van der Waals surface area contributed by atoms with E-state index < -0.39 is 0 Å². The molecule has 0 saturated heterocycles. The summed E-state index contributed by atoms with van der Waals surface area (Å²) in [5, 5.41) is 3.67. The van der Waals surface area contributed by atoms with Crippen molar-refractivity contribution >= 4 is 29.1 Å². The normalized spacial score (nSPS) is 18.7. The van der Waals surface area contributed by atoms with Gasteiger partial charge in [0.1, 0.15) is 5.88 Å². The smallest absolute Gasteiger partial charge is 0.235 e. The van der Waals surface area contributed by atoms with Gasteiger partial charge in [0.25, 0.3) is 0 Å². The van der Waals surface area contributed by atoms with Crippen LogP contribution in [0.2, 0.25) is 5.02 Å². The van der Waals surface area contributed by atoms with Crippen LogP contribution >= 0.6 is 23.2 Å². The van der Waals surface area contributed by atoms with Gasteiger partial charge in [0, 0.05) is 5.02 Å². The third-order valence-corrected chi connectivity index (χ3v) is 3.27. The number of hydrogen-bond acceptors (Lipinski definition) is 1. The Balaban J connectivity index is 2.21. The van der Waals surface area contributed by atoms with Gasteiger partial charge in [-0.05, 0) is 30.0 Å². The Hall–Kier alpha value is -0.730. The molecule has 0 radical (unpaired) electrons. The van der Waals surface area contributed by atoms with E-state index in [9.17, 15) is 4.79 Å². The number of alkyl halides is 1. The average molecular weight is 244 g/mol. The van der Waals surface area contributed by atoms with E-state index in [1.807, 2.05) is 18.2 Å². The Labute approximate surface area is 98.6 Å². The molecule has 2 nitrogen and oxygen atoms in total. The van der Waals surface area contributed by atoms with Gasteiger partial charge in [0.15, 0.2) is 0 Å². The summed E-state index contributed by atoms with van der Waals surface area (Å²) < 4.78 is 0. The summed E-state index contributed by atoms with van der Waals surface area (Å²) >= 11 is 11.5. The summed E-state index contributed by atoms with van der Waals surface area (Å²) in [5.74, 6) is -0.124. The molecular formula is C11H11Cl2NO. The molecule has 15 heavy (non-hydrogen) atoms. The van der Waals surface area contributed by atoms with Crippen molar-refractivity contribution in [1.29, 1.82) is 0 Å². The molecule has 4 heteroatoms. The molecule has 1 aliphatic rings. The highest BCUT2D eigenvalue weighted by molar-refractivity contribution is 6.31. The molecule has 1 aromatic rings. The van der Waals surface area contributed by atoms with Crippen molar-refractivity contribution in [2.75, 3.05) is 5.88 Å². The topological polar surface area (TPSA) is 29.1 Å². The van der Waals surface area contributed by atoms with Crippen LogP contribution in [-0.2, 0) is 11.2 Å². The van der Waals surface area contributed by atoms with Crippen LogP contribution in [0.15, 0.2) is 18.2 Å². The molecule has 1 aromatic carbocycles. The fourth-order valence-corrected chi connectivity index (χ4v) is 2.35. The van der Waals surface area contributed by atoms with Gasteiger partial charge in [-0.3, -0.25) is 4.79 Å². The second kappa shape index (κ2) is 4.42. The second-order valence-electron chi connectivity index (χ2n) is 3.60. The van der Waals surface area contributed by atoms with Gasteiger partial charge in [0.05, 0.1) is 6.04 Å². The van der Waals surface area contributed by atoms with Crippen LogP contribution in [0.3, 0.4) is 0 Å². The molecule has 1 N–H and O–H groups in total. The summed E-state index contributed by atoms with van der Waals surface area (Å²) in [5.41, 5.74) is 2.28. The zero-order valence-electron chi connectivity index (χ0n) is 8.09. The number of nitrogens with one attached hydrogen (secondary N) is 1. The van der Waals surface area contributed by atoms with Crippen molar-refractivity contribution in [1.82, 2.24) is 5.32 Å². The van der Waals surface area contributed by atoms with E-state index >= 15 is 0 Å². The Morgan fingerprint density at radius 1 is 1.53 bits per heavy atom. The van der Waals surface area contributed by atoms with E-state index in [1.165, 1.54) is 0 Å². The lowest BCUT2D eigenvalue weighted by Crippen LogP contribution is -2.27. The quantitative estimate of drug-likeness (QED) is 0.796. The van der Waals surface area contributed by atoms with E-state index in [1.54, 1.807) is 0 Å². The van der Waals surface area contributed by atoms with Crippen LogP contribution in [-0.4, -0.2) is 11.8 Å². The summed E-state index contributed by atoms with van der Waals surface area (Å²) in [4.78, 5) is 11.2. The summed E-state index contributed by atoms with van der Waals surface area (Å²) in [6.07, 6.45) is 1.82. The third kappa shape index (κ3) is 2.11. The van der Waals surface area contributed by atoms with E-state index in [0.717, 1.165) is 29.0 Å². The van der Waals surface area contributed by atoms with Crippen molar-refractivity contribution in [2.45, 2.75) is 18.9 Å². The maximum absolute atomic E-state index is 11.2. The lowest BCUT2D eigenvalue weighted by atomic mass is 10.1. The highest BCUT2D eigenvalue weighted by atomic mass is 35.5. The van der Waals surface area contributed by atoms with E-state index in [2.05, 4.69) is 5.32 Å². The lowest BCUT2D eigenvalue weighted by molar-refractivity contribution is -0.119. The number of rotatable bonds is 2. The first-order chi connectivity index (χ1) is 7.22. The minimum Gasteiger partial charge on any atom is -0.348 e. The van der Waals surface area contributed by atoms with E-state index in [0.29, 0.717) is 0 Å². The molecule has 1 atom stereocenters. The third-order valence-electron chi connectivity index (χ3n) is 2.67. The Kier molecular flexibility index (Phi) is 3.17. The summed E-state index contributed by atoms with van der Waals surface area (Å²) in [6.45, 7) is 0. The van der Waals surface area contributed by atoms with Crippen LogP contribution in [0, 0.1) is 0 Å². The summed E-state index contributed by atoms with van der Waals surface area (Å²) in [7, 11) is 0. The minimum absolute atomic E-state index is 0.00635. The number of fused-ring (bicyclic) bond motifs is 1. The Bertz CT molecular complexity index is 392. The fourth-order valence-electron chi connectivity index (χ4n) is 1.99. The molecule has 0 aliphatic heterocycles. The molecule has 0 bridgehead atoms. The number of carbonyl (C=O) groups is 1. The van der Waals surface area contributed by atoms with Crippen LogP contribution < -0.4 is 5.32 Å². The molecule has 1 aliphatic carbocycles. The fraction of sp³-hybridized carbons (Fsp3) is 0.364. The highest BCUT2D eigenvalue weighted by Gasteiger charge is 2.24. The Morgan fingerprint density at radius 3 is 3.07 bits per heavy atom. The van der Waals surface area contributed by atoms with Gasteiger partial charge in [-0.15, -0.1) is 11.6 Å². The van der Waals surface area contributed by atoms with Crippen LogP contribution in [0.1, 0.15) is 23.6 Å². The molecule has 0 heterocycles. The first-order valence-corrected chi connectivity index (χ1v) is 5.76. The van der Waals surface area contributed by atoms with Gasteiger partial charge in [-0.2, -0.15) is 0 Å². The number of carbonyl (C=O) groups excluding carboxylic acids is 1. The molecular weight excluding hydrogens is 233 g/mol. The van der Waals surface area contributed by atoms with E-state index in [-0.39, 0.29) is 17.8 Å². The first-order valence-electron chi connectivity index (χ1n) is 4.85. The number of halogens is 2. The first kappa shape index (κ1) is 10.8. The largest absolute Gasteiger partial charge is 0.348 e. The molecule has 0 spiro atoms. The van der Waals surface area contributed by atoms with Crippen molar-refractivity contribution < 1.29 is 4.79 Å². The lowest BCUT2D eigenvalue weighted by Gasteiger charge is -2.13. The molecule has 0 aromatic heterocycles. The average Bonchev–Trinajstić information content (AvgIpc) is 2.63. The van der Waals surface area contributed by atoms with Gasteiger partial charge in [-0.25, -0.2) is 0 Å². The number of benzene rings is 1. The maximum atomic E-state index is 11.2. The zero-order chi connectivity index (χ0) is 10.8. The van der Waals surface area contributed by atoms with Crippen molar-refractivity contribution in [2.24, 2.45) is 0 Å². The molecule has 80 valence electrons. The molecule has 0 fully saturated rings. The number of amides is 1. The van der Waals surface area contributed by atoms with Crippen LogP contribution in [0.5, 0.6) is 0 Å². The zero-order valence-corrected chi connectivity index (χ0v) is 9.61. The summed E-state index contributed by atoms with van der Waals surface area (Å²) in [6, 6.07) is 5.87. The number of hydrogen-bond donors (Lipinski definition) is 1. The van der Waals surface area contributed by atoms with Gasteiger partial charge >= 0.3 is 0 Å². The Morgan fingerprint density at radius 2 is 2.33 bits per heavy atom. The minimum atomic E-state index is -0.130. The van der Waals surface area contributed by atoms with Crippen LogP contribution in [0.25, 0.3) is 0 Å². The molecule has 1 amide bonds. The molecule has 0 unspecified atom stereocenters. The monoisotopic (exact) mass is 243 g/mol. The van der Waals surface area contributed by atoms with Crippen molar-refractivity contribution in [3.63, 3.8) is 0 Å². The van der Waals surface area contributed by atoms with Crippen molar-refractivity contribution in [3.05, 3.63) is 34.3 Å². The second-order valence-corrected chi connectivity index (χ2v) is 4.27. The predicted octanol–water partition coefficient (Wildman–Crippen LogP) is 2.68. The standard InChI is InChI=1S/C11H11Cl2NO/c12-6-11(15)14-10-5-4-7-8(10)2-1-3-9(7)13/h1-3,10H,4-6H2,(H,14,15)/t10-/m0/s1. The highest BCUT2D eigenvalue weighted by Crippen LogP contribution is 2.35. The van der Waals surface area contributed by atoms with Crippen molar-refractivity contribution in [3.8, 4) is 0 Å².